The molecular formula is C24H41IN4O2. The molecule has 176 valence electrons. The van der Waals surface area contributed by atoms with E-state index in [0.717, 1.165) is 29.9 Å². The first-order valence-corrected chi connectivity index (χ1v) is 11.1. The van der Waals surface area contributed by atoms with Crippen LogP contribution in [0.15, 0.2) is 29.3 Å². The summed E-state index contributed by atoms with van der Waals surface area (Å²) in [5, 5.41) is 6.82. The van der Waals surface area contributed by atoms with Gasteiger partial charge in [0.2, 0.25) is 0 Å². The summed E-state index contributed by atoms with van der Waals surface area (Å²) in [4.78, 5) is 19.0. The van der Waals surface area contributed by atoms with Gasteiger partial charge in [0.05, 0.1) is 12.2 Å². The van der Waals surface area contributed by atoms with Crippen molar-refractivity contribution < 1.29 is 9.53 Å². The van der Waals surface area contributed by atoms with E-state index in [0.29, 0.717) is 31.1 Å². The molecule has 3 atom stereocenters. The molecule has 1 heterocycles. The molecule has 3 unspecified atom stereocenters. The van der Waals surface area contributed by atoms with E-state index in [1.807, 2.05) is 43.0 Å². The van der Waals surface area contributed by atoms with Crippen LogP contribution in [-0.2, 0) is 11.3 Å². The van der Waals surface area contributed by atoms with Crippen LogP contribution >= 0.6 is 24.0 Å². The third kappa shape index (κ3) is 9.76. The van der Waals surface area contributed by atoms with E-state index in [-0.39, 0.29) is 42.1 Å². The van der Waals surface area contributed by atoms with Crippen LogP contribution in [0, 0.1) is 5.41 Å². The molecule has 2 rings (SSSR count). The number of halogens is 1. The van der Waals surface area contributed by atoms with Crippen LogP contribution in [0.2, 0.25) is 0 Å². The van der Waals surface area contributed by atoms with E-state index in [2.05, 4.69) is 43.3 Å². The Morgan fingerprint density at radius 1 is 1.19 bits per heavy atom. The number of aliphatic imine (C=N–C) groups is 1. The van der Waals surface area contributed by atoms with Gasteiger partial charge in [0.15, 0.2) is 5.96 Å². The van der Waals surface area contributed by atoms with Crippen LogP contribution in [-0.4, -0.2) is 55.2 Å². The van der Waals surface area contributed by atoms with Gasteiger partial charge >= 0.3 is 0 Å². The molecule has 0 saturated carbocycles. The second-order valence-corrected chi connectivity index (χ2v) is 9.73. The van der Waals surface area contributed by atoms with Crippen molar-refractivity contribution in [1.29, 1.82) is 0 Å². The fourth-order valence-corrected chi connectivity index (χ4v) is 3.63. The Morgan fingerprint density at radius 2 is 1.77 bits per heavy atom. The van der Waals surface area contributed by atoms with Gasteiger partial charge in [-0.15, -0.1) is 24.0 Å². The van der Waals surface area contributed by atoms with E-state index in [1.54, 1.807) is 7.05 Å². The highest BCUT2D eigenvalue weighted by atomic mass is 127. The number of benzene rings is 1. The Balaban J connectivity index is 0.00000480. The van der Waals surface area contributed by atoms with Gasteiger partial charge in [-0.1, -0.05) is 32.9 Å². The van der Waals surface area contributed by atoms with Gasteiger partial charge in [0.25, 0.3) is 5.91 Å². The lowest BCUT2D eigenvalue weighted by molar-refractivity contribution is -0.0586. The standard InChI is InChI=1S/C24H40N4O2.HI/c1-17(12-13-24(4,5)6)27-23(25-7)26-14-20-8-10-21(11-9-20)22(29)28-15-18(2)30-19(3)16-28;/h8-11,17-19H,12-16H2,1-7H3,(H2,25,26,27);1H. The Hall–Kier alpha value is -1.35. The molecule has 2 N–H and O–H groups in total. The first-order valence-electron chi connectivity index (χ1n) is 11.1. The zero-order valence-electron chi connectivity index (χ0n) is 20.2. The summed E-state index contributed by atoms with van der Waals surface area (Å²) in [5.41, 5.74) is 2.17. The Bertz CT molecular complexity index is 705. The topological polar surface area (TPSA) is 66.0 Å². The molecule has 0 aromatic heterocycles. The molecule has 1 fully saturated rings. The summed E-state index contributed by atoms with van der Waals surface area (Å²) in [6.45, 7) is 14.9. The Kier molecular flexibility index (Phi) is 11.3. The second-order valence-electron chi connectivity index (χ2n) is 9.73. The number of ether oxygens (including phenoxy) is 1. The monoisotopic (exact) mass is 544 g/mol. The van der Waals surface area contributed by atoms with Crippen molar-refractivity contribution >= 4 is 35.8 Å². The highest BCUT2D eigenvalue weighted by Gasteiger charge is 2.26. The summed E-state index contributed by atoms with van der Waals surface area (Å²) >= 11 is 0. The molecule has 1 aliphatic rings. The summed E-state index contributed by atoms with van der Waals surface area (Å²) < 4.78 is 5.73. The van der Waals surface area contributed by atoms with Crippen LogP contribution < -0.4 is 10.6 Å². The van der Waals surface area contributed by atoms with E-state index < -0.39 is 0 Å². The fraction of sp³-hybridized carbons (Fsp3) is 0.667. The van der Waals surface area contributed by atoms with Crippen molar-refractivity contribution in [3.63, 3.8) is 0 Å². The summed E-state index contributed by atoms with van der Waals surface area (Å²) in [7, 11) is 1.79. The zero-order chi connectivity index (χ0) is 22.3. The number of hydrogen-bond donors (Lipinski definition) is 2. The van der Waals surface area contributed by atoms with Crippen molar-refractivity contribution in [1.82, 2.24) is 15.5 Å². The van der Waals surface area contributed by atoms with Gasteiger partial charge in [0, 0.05) is 38.3 Å². The zero-order valence-corrected chi connectivity index (χ0v) is 22.5. The van der Waals surface area contributed by atoms with Crippen LogP contribution in [0.3, 0.4) is 0 Å². The van der Waals surface area contributed by atoms with Crippen molar-refractivity contribution in [2.45, 2.75) is 79.2 Å². The predicted octanol–water partition coefficient (Wildman–Crippen LogP) is 4.43. The number of nitrogens with zero attached hydrogens (tertiary/aromatic N) is 2. The summed E-state index contributed by atoms with van der Waals surface area (Å²) in [6.07, 6.45) is 2.41. The van der Waals surface area contributed by atoms with Crippen LogP contribution in [0.4, 0.5) is 0 Å². The molecule has 1 saturated heterocycles. The molecule has 1 aromatic rings. The minimum absolute atomic E-state index is 0. The van der Waals surface area contributed by atoms with Crippen molar-refractivity contribution in [3.8, 4) is 0 Å². The number of nitrogens with one attached hydrogen (secondary N) is 2. The lowest BCUT2D eigenvalue weighted by atomic mass is 9.89. The Morgan fingerprint density at radius 3 is 2.29 bits per heavy atom. The molecule has 1 aliphatic heterocycles. The first-order chi connectivity index (χ1) is 14.1. The minimum atomic E-state index is 0. The molecule has 1 amide bonds. The van der Waals surface area contributed by atoms with E-state index in [1.165, 1.54) is 0 Å². The summed E-state index contributed by atoms with van der Waals surface area (Å²) in [6, 6.07) is 8.18. The molecule has 0 spiro atoms. The molecule has 0 radical (unpaired) electrons. The van der Waals surface area contributed by atoms with E-state index >= 15 is 0 Å². The number of amides is 1. The van der Waals surface area contributed by atoms with Crippen molar-refractivity contribution in [2.24, 2.45) is 10.4 Å². The lowest BCUT2D eigenvalue weighted by Gasteiger charge is -2.35. The fourth-order valence-electron chi connectivity index (χ4n) is 3.63. The maximum atomic E-state index is 12.8. The first kappa shape index (κ1) is 27.7. The largest absolute Gasteiger partial charge is 0.372 e. The maximum absolute atomic E-state index is 12.8. The van der Waals surface area contributed by atoms with Gasteiger partial charge in [-0.3, -0.25) is 9.79 Å². The van der Waals surface area contributed by atoms with Gasteiger partial charge in [0.1, 0.15) is 0 Å². The van der Waals surface area contributed by atoms with Gasteiger partial charge < -0.3 is 20.3 Å². The third-order valence-electron chi connectivity index (χ3n) is 5.30. The number of guanidine groups is 1. The maximum Gasteiger partial charge on any atom is 0.254 e. The minimum Gasteiger partial charge on any atom is -0.372 e. The van der Waals surface area contributed by atoms with Gasteiger partial charge in [-0.2, -0.15) is 0 Å². The molecule has 31 heavy (non-hydrogen) atoms. The van der Waals surface area contributed by atoms with E-state index in [4.69, 9.17) is 4.74 Å². The number of carbonyl (C=O) groups excluding carboxylic acids is 1. The molecular weight excluding hydrogens is 503 g/mol. The van der Waals surface area contributed by atoms with Crippen LogP contribution in [0.1, 0.15) is 70.3 Å². The lowest BCUT2D eigenvalue weighted by Crippen LogP contribution is -2.48. The van der Waals surface area contributed by atoms with Gasteiger partial charge in [-0.25, -0.2) is 0 Å². The number of hydrogen-bond acceptors (Lipinski definition) is 3. The highest BCUT2D eigenvalue weighted by Crippen LogP contribution is 2.21. The van der Waals surface area contributed by atoms with E-state index in [9.17, 15) is 4.79 Å². The number of morpholine rings is 1. The molecule has 6 nitrogen and oxygen atoms in total. The van der Waals surface area contributed by atoms with Gasteiger partial charge in [-0.05, 0) is 56.7 Å². The average Bonchev–Trinajstić information content (AvgIpc) is 2.68. The molecule has 0 aliphatic carbocycles. The average molecular weight is 545 g/mol. The number of carbonyl (C=O) groups is 1. The SMILES string of the molecule is CN=C(NCc1ccc(C(=O)N2CC(C)OC(C)C2)cc1)NC(C)CCC(C)(C)C.I. The molecule has 7 heteroatoms. The Labute approximate surface area is 205 Å². The van der Waals surface area contributed by atoms with Crippen molar-refractivity contribution in [3.05, 3.63) is 35.4 Å². The van der Waals surface area contributed by atoms with Crippen LogP contribution in [0.5, 0.6) is 0 Å². The predicted molar refractivity (Wildman–Crippen MR) is 139 cm³/mol. The highest BCUT2D eigenvalue weighted by molar-refractivity contribution is 14.0. The normalized spacial score (nSPS) is 20.6. The smallest absolute Gasteiger partial charge is 0.254 e. The number of rotatable bonds is 6. The third-order valence-corrected chi connectivity index (χ3v) is 5.30. The second kappa shape index (κ2) is 12.6. The summed E-state index contributed by atoms with van der Waals surface area (Å²) in [5.74, 6) is 0.870. The van der Waals surface area contributed by atoms with Crippen LogP contribution in [0.25, 0.3) is 0 Å². The van der Waals surface area contributed by atoms with Crippen molar-refractivity contribution in [2.75, 3.05) is 20.1 Å². The molecule has 1 aromatic carbocycles. The molecule has 0 bridgehead atoms. The quantitative estimate of drug-likeness (QED) is 0.316.